The summed E-state index contributed by atoms with van der Waals surface area (Å²) >= 11 is 0. The zero-order valence-corrected chi connectivity index (χ0v) is 14.4. The lowest BCUT2D eigenvalue weighted by Gasteiger charge is -2.32. The van der Waals surface area contributed by atoms with Crippen LogP contribution >= 0.6 is 0 Å². The van der Waals surface area contributed by atoms with E-state index in [0.717, 1.165) is 6.42 Å². The Morgan fingerprint density at radius 2 is 1.08 bits per heavy atom. The van der Waals surface area contributed by atoms with Crippen molar-refractivity contribution in [3.63, 3.8) is 0 Å². The van der Waals surface area contributed by atoms with Gasteiger partial charge < -0.3 is 4.74 Å². The van der Waals surface area contributed by atoms with Crippen LogP contribution in [-0.4, -0.2) is 5.60 Å². The molecule has 0 bridgehead atoms. The van der Waals surface area contributed by atoms with Crippen molar-refractivity contribution < 1.29 is 4.74 Å². The van der Waals surface area contributed by atoms with Crippen molar-refractivity contribution in [2.75, 3.05) is 0 Å². The molecule has 0 aliphatic carbocycles. The highest BCUT2D eigenvalue weighted by molar-refractivity contribution is 5.30. The lowest BCUT2D eigenvalue weighted by molar-refractivity contribution is -0.0553. The lowest BCUT2D eigenvalue weighted by atomic mass is 9.95. The predicted octanol–water partition coefficient (Wildman–Crippen LogP) is 5.81. The number of hydrogen-bond acceptors (Lipinski definition) is 1. The fraction of sp³-hybridized carbons (Fsp3) is 0.217. The minimum atomic E-state index is -0.266. The van der Waals surface area contributed by atoms with Gasteiger partial charge in [0.2, 0.25) is 0 Å². The Morgan fingerprint density at radius 3 is 1.54 bits per heavy atom. The summed E-state index contributed by atoms with van der Waals surface area (Å²) in [6.07, 6.45) is 0.815. The molecule has 1 nitrogen and oxygen atoms in total. The molecule has 3 aromatic carbocycles. The molecular weight excluding hydrogens is 292 g/mol. The van der Waals surface area contributed by atoms with Crippen LogP contribution in [0.5, 0.6) is 0 Å². The maximum absolute atomic E-state index is 6.61. The van der Waals surface area contributed by atoms with Gasteiger partial charge in [0, 0.05) is 6.42 Å². The van der Waals surface area contributed by atoms with Gasteiger partial charge in [-0.05, 0) is 30.5 Å². The molecule has 0 N–H and O–H groups in total. The Labute approximate surface area is 144 Å². The Balaban J connectivity index is 1.86. The largest absolute Gasteiger partial charge is 0.363 e. The van der Waals surface area contributed by atoms with Crippen LogP contribution in [0.2, 0.25) is 0 Å². The first-order valence-corrected chi connectivity index (χ1v) is 8.46. The van der Waals surface area contributed by atoms with Crippen LogP contribution in [0.25, 0.3) is 0 Å². The highest BCUT2D eigenvalue weighted by atomic mass is 16.5. The van der Waals surface area contributed by atoms with Crippen LogP contribution in [0.1, 0.15) is 36.6 Å². The summed E-state index contributed by atoms with van der Waals surface area (Å²) < 4.78 is 6.61. The van der Waals surface area contributed by atoms with Crippen molar-refractivity contribution in [1.82, 2.24) is 0 Å². The molecule has 0 aliphatic heterocycles. The molecule has 3 aromatic rings. The molecule has 122 valence electrons. The lowest BCUT2D eigenvalue weighted by Crippen LogP contribution is -2.30. The van der Waals surface area contributed by atoms with E-state index in [-0.39, 0.29) is 11.7 Å². The smallest absolute Gasteiger partial charge is 0.108 e. The summed E-state index contributed by atoms with van der Waals surface area (Å²) in [5.41, 5.74) is 3.40. The van der Waals surface area contributed by atoms with Crippen molar-refractivity contribution >= 4 is 0 Å². The van der Waals surface area contributed by atoms with Crippen LogP contribution in [-0.2, 0) is 11.2 Å². The summed E-state index contributed by atoms with van der Waals surface area (Å²) in [6, 6.07) is 31.4. The average molecular weight is 316 g/mol. The molecule has 1 heteroatoms. The molecule has 0 aromatic heterocycles. The monoisotopic (exact) mass is 316 g/mol. The van der Waals surface area contributed by atoms with E-state index in [4.69, 9.17) is 4.74 Å². The summed E-state index contributed by atoms with van der Waals surface area (Å²) in [4.78, 5) is 0. The number of rotatable bonds is 6. The van der Waals surface area contributed by atoms with Gasteiger partial charge in [0.25, 0.3) is 0 Å². The summed E-state index contributed by atoms with van der Waals surface area (Å²) in [5, 5.41) is 0. The molecule has 0 amide bonds. The van der Waals surface area contributed by atoms with Gasteiger partial charge >= 0.3 is 0 Å². The highest BCUT2D eigenvalue weighted by Gasteiger charge is 2.26. The fourth-order valence-electron chi connectivity index (χ4n) is 3.03. The van der Waals surface area contributed by atoms with Crippen molar-refractivity contribution in [1.29, 1.82) is 0 Å². The molecule has 0 spiro atoms. The second-order valence-electron chi connectivity index (χ2n) is 6.74. The molecule has 0 atom stereocenters. The maximum atomic E-state index is 6.61. The number of ether oxygens (including phenoxy) is 1. The molecule has 3 rings (SSSR count). The first-order chi connectivity index (χ1) is 11.6. The summed E-state index contributed by atoms with van der Waals surface area (Å²) in [7, 11) is 0. The van der Waals surface area contributed by atoms with Gasteiger partial charge in [0.1, 0.15) is 6.10 Å². The van der Waals surface area contributed by atoms with Crippen LogP contribution in [0.3, 0.4) is 0 Å². The molecule has 0 fully saturated rings. The topological polar surface area (TPSA) is 9.23 Å². The molecule has 0 saturated heterocycles. The second-order valence-corrected chi connectivity index (χ2v) is 6.74. The van der Waals surface area contributed by atoms with E-state index in [1.54, 1.807) is 0 Å². The SMILES string of the molecule is CC(C)(Cc1ccccc1)OC(c1ccccc1)c1ccccc1. The average Bonchev–Trinajstić information content (AvgIpc) is 2.62. The van der Waals surface area contributed by atoms with Gasteiger partial charge in [-0.25, -0.2) is 0 Å². The summed E-state index contributed by atoms with van der Waals surface area (Å²) in [5.74, 6) is 0. The van der Waals surface area contributed by atoms with Gasteiger partial charge in [0.05, 0.1) is 5.60 Å². The zero-order valence-electron chi connectivity index (χ0n) is 14.4. The maximum Gasteiger partial charge on any atom is 0.108 e. The predicted molar refractivity (Wildman–Crippen MR) is 100 cm³/mol. The fourth-order valence-corrected chi connectivity index (χ4v) is 3.03. The minimum absolute atomic E-state index is 0.0638. The normalized spacial score (nSPS) is 11.6. The number of hydrogen-bond donors (Lipinski definition) is 0. The number of benzene rings is 3. The summed E-state index contributed by atoms with van der Waals surface area (Å²) in [6.45, 7) is 4.33. The van der Waals surface area contributed by atoms with Crippen LogP contribution in [0, 0.1) is 0 Å². The Bertz CT molecular complexity index is 693. The van der Waals surface area contributed by atoms with Crippen molar-refractivity contribution in [2.45, 2.75) is 32.0 Å². The van der Waals surface area contributed by atoms with Crippen molar-refractivity contribution in [2.24, 2.45) is 0 Å². The van der Waals surface area contributed by atoms with E-state index in [2.05, 4.69) is 86.6 Å². The third-order valence-electron chi connectivity index (χ3n) is 4.11. The van der Waals surface area contributed by atoms with E-state index in [0.29, 0.717) is 0 Å². The van der Waals surface area contributed by atoms with Gasteiger partial charge in [-0.2, -0.15) is 0 Å². The Kier molecular flexibility index (Phi) is 5.12. The molecule has 0 heterocycles. The molecule has 0 unspecified atom stereocenters. The molecule has 24 heavy (non-hydrogen) atoms. The van der Waals surface area contributed by atoms with E-state index in [1.807, 2.05) is 18.2 Å². The first-order valence-electron chi connectivity index (χ1n) is 8.46. The van der Waals surface area contributed by atoms with Crippen molar-refractivity contribution in [3.05, 3.63) is 108 Å². The second kappa shape index (κ2) is 7.46. The third kappa shape index (κ3) is 4.33. The molecule has 0 saturated carbocycles. The van der Waals surface area contributed by atoms with E-state index in [9.17, 15) is 0 Å². The van der Waals surface area contributed by atoms with E-state index < -0.39 is 0 Å². The first kappa shape index (κ1) is 16.5. The van der Waals surface area contributed by atoms with Crippen LogP contribution < -0.4 is 0 Å². The van der Waals surface area contributed by atoms with Gasteiger partial charge in [-0.15, -0.1) is 0 Å². The van der Waals surface area contributed by atoms with Gasteiger partial charge in [-0.1, -0.05) is 91.0 Å². The highest BCUT2D eigenvalue weighted by Crippen LogP contribution is 2.32. The Hall–Kier alpha value is -2.38. The molecule has 0 radical (unpaired) electrons. The Morgan fingerprint density at radius 1 is 0.667 bits per heavy atom. The van der Waals surface area contributed by atoms with Crippen LogP contribution in [0.15, 0.2) is 91.0 Å². The van der Waals surface area contributed by atoms with Crippen molar-refractivity contribution in [3.8, 4) is 0 Å². The van der Waals surface area contributed by atoms with Gasteiger partial charge in [-0.3, -0.25) is 0 Å². The van der Waals surface area contributed by atoms with E-state index in [1.165, 1.54) is 16.7 Å². The quantitative estimate of drug-likeness (QED) is 0.557. The van der Waals surface area contributed by atoms with Gasteiger partial charge in [0.15, 0.2) is 0 Å². The van der Waals surface area contributed by atoms with Crippen LogP contribution in [0.4, 0.5) is 0 Å². The molecular formula is C23H24O. The van der Waals surface area contributed by atoms with E-state index >= 15 is 0 Å². The minimum Gasteiger partial charge on any atom is -0.363 e. The standard InChI is InChI=1S/C23H24O/c1-23(2,18-19-12-6-3-7-13-19)24-22(20-14-8-4-9-15-20)21-16-10-5-11-17-21/h3-17,22H,18H2,1-2H3. The zero-order chi connectivity index (χ0) is 16.8. The third-order valence-corrected chi connectivity index (χ3v) is 4.11. The molecule has 0 aliphatic rings.